The number of rotatable bonds is 7. The van der Waals surface area contributed by atoms with Crippen molar-refractivity contribution < 1.29 is 14.3 Å². The Morgan fingerprint density at radius 2 is 1.70 bits per heavy atom. The topological polar surface area (TPSA) is 142 Å². The standard InChI is InChI=1S/C40H44N10O3/c1-25-34(23-42-39-37(25)41-14-19-53-39)27-2-3-28-21-43-40(46-35(28)20-27)45-29-22-44-50(24-29)32-12-17-49(18-13-32)31-10-15-48(16-11-31)30-6-4-26(5-7-30)33-8-9-36(51)47-38(33)52/h2-7,20-24,31-33,41H,8-19H2,1H3,(H,43,45,46)(H,47,51,52). The quantitative estimate of drug-likeness (QED) is 0.182. The smallest absolute Gasteiger partial charge is 0.237 e. The van der Waals surface area contributed by atoms with Gasteiger partial charge in [0, 0.05) is 80.4 Å². The molecule has 3 saturated heterocycles. The average molecular weight is 713 g/mol. The Bertz CT molecular complexity index is 2150. The number of anilines is 4. The maximum Gasteiger partial charge on any atom is 0.237 e. The van der Waals surface area contributed by atoms with Gasteiger partial charge < -0.3 is 25.2 Å². The summed E-state index contributed by atoms with van der Waals surface area (Å²) in [6, 6.07) is 15.5. The van der Waals surface area contributed by atoms with Gasteiger partial charge in [-0.15, -0.1) is 0 Å². The molecule has 0 aliphatic carbocycles. The number of hydrogen-bond acceptors (Lipinski definition) is 11. The molecule has 3 fully saturated rings. The van der Waals surface area contributed by atoms with Crippen LogP contribution in [0.15, 0.2) is 67.3 Å². The van der Waals surface area contributed by atoms with Crippen LogP contribution in [0.3, 0.4) is 0 Å². The number of amides is 2. The van der Waals surface area contributed by atoms with E-state index < -0.39 is 0 Å². The molecule has 2 amide bonds. The van der Waals surface area contributed by atoms with Crippen molar-refractivity contribution in [3.8, 4) is 17.0 Å². The third-order valence-corrected chi connectivity index (χ3v) is 11.5. The molecule has 0 radical (unpaired) electrons. The summed E-state index contributed by atoms with van der Waals surface area (Å²) in [6.07, 6.45) is 13.1. The number of hydrogen-bond donors (Lipinski definition) is 3. The Kier molecular flexibility index (Phi) is 8.86. The van der Waals surface area contributed by atoms with E-state index in [1.54, 1.807) is 0 Å². The second kappa shape index (κ2) is 14.1. The number of carbonyl (C=O) groups excluding carboxylic acids is 2. The SMILES string of the molecule is Cc1c(-c2ccc3cnc(Nc4cnn(C5CCN(C6CCN(c7ccc(C8CCC(=O)NC8=O)cc7)CC6)CC5)c4)nc3c2)cnc2c1NCCO2. The maximum absolute atomic E-state index is 12.3. The minimum atomic E-state index is -0.240. The van der Waals surface area contributed by atoms with Crippen molar-refractivity contribution in [2.75, 3.05) is 54.9 Å². The van der Waals surface area contributed by atoms with Gasteiger partial charge in [0.1, 0.15) is 12.3 Å². The van der Waals surface area contributed by atoms with Crippen LogP contribution in [0.1, 0.15) is 61.6 Å². The molecule has 3 aromatic heterocycles. The van der Waals surface area contributed by atoms with Crippen molar-refractivity contribution in [1.29, 1.82) is 0 Å². The number of carbonyl (C=O) groups is 2. The number of imide groups is 1. The van der Waals surface area contributed by atoms with Gasteiger partial charge in [0.2, 0.25) is 23.6 Å². The van der Waals surface area contributed by atoms with Crippen molar-refractivity contribution in [2.24, 2.45) is 0 Å². The van der Waals surface area contributed by atoms with Crippen LogP contribution in [0, 0.1) is 6.92 Å². The van der Waals surface area contributed by atoms with E-state index in [0.717, 1.165) is 103 Å². The first kappa shape index (κ1) is 33.3. The summed E-state index contributed by atoms with van der Waals surface area (Å²) in [4.78, 5) is 42.9. The normalized spacial score (nSPS) is 20.1. The monoisotopic (exact) mass is 712 g/mol. The van der Waals surface area contributed by atoms with Crippen LogP contribution in [-0.2, 0) is 9.59 Å². The summed E-state index contributed by atoms with van der Waals surface area (Å²) in [5, 5.41) is 15.0. The minimum absolute atomic E-state index is 0.175. The molecule has 13 heteroatoms. The average Bonchev–Trinajstić information content (AvgIpc) is 3.66. The number of likely N-dealkylation sites (tertiary alicyclic amines) is 1. The number of pyridine rings is 1. The summed E-state index contributed by atoms with van der Waals surface area (Å²) in [5.74, 6) is 0.598. The van der Waals surface area contributed by atoms with Crippen molar-refractivity contribution in [3.05, 3.63) is 78.4 Å². The fraction of sp³-hybridized carbons (Fsp3) is 0.400. The van der Waals surface area contributed by atoms with Gasteiger partial charge in [0.25, 0.3) is 0 Å². The zero-order valence-electron chi connectivity index (χ0n) is 29.9. The number of aromatic nitrogens is 5. The van der Waals surface area contributed by atoms with Crippen LogP contribution in [0.5, 0.6) is 5.88 Å². The zero-order valence-corrected chi connectivity index (χ0v) is 29.9. The first-order chi connectivity index (χ1) is 25.9. The summed E-state index contributed by atoms with van der Waals surface area (Å²) in [6.45, 7) is 7.66. The van der Waals surface area contributed by atoms with Gasteiger partial charge in [-0.25, -0.2) is 15.0 Å². The van der Waals surface area contributed by atoms with Gasteiger partial charge in [-0.3, -0.25) is 19.6 Å². The van der Waals surface area contributed by atoms with Crippen LogP contribution in [0.2, 0.25) is 0 Å². The van der Waals surface area contributed by atoms with Gasteiger partial charge in [-0.1, -0.05) is 24.3 Å². The van der Waals surface area contributed by atoms with Crippen molar-refractivity contribution in [1.82, 2.24) is 34.9 Å². The lowest BCUT2D eigenvalue weighted by Crippen LogP contribution is -2.48. The van der Waals surface area contributed by atoms with Crippen LogP contribution >= 0.6 is 0 Å². The largest absolute Gasteiger partial charge is 0.474 e. The molecule has 13 nitrogen and oxygen atoms in total. The zero-order chi connectivity index (χ0) is 35.9. The summed E-state index contributed by atoms with van der Waals surface area (Å²) >= 11 is 0. The highest BCUT2D eigenvalue weighted by molar-refractivity contribution is 6.01. The Hall–Kier alpha value is -5.56. The molecule has 3 N–H and O–H groups in total. The molecule has 53 heavy (non-hydrogen) atoms. The van der Waals surface area contributed by atoms with Crippen molar-refractivity contribution in [2.45, 2.75) is 63.5 Å². The molecule has 0 saturated carbocycles. The van der Waals surface area contributed by atoms with Gasteiger partial charge in [-0.2, -0.15) is 5.10 Å². The molecule has 0 bridgehead atoms. The lowest BCUT2D eigenvalue weighted by atomic mass is 9.90. The Balaban J connectivity index is 0.780. The van der Waals surface area contributed by atoms with Crippen molar-refractivity contribution in [3.63, 3.8) is 0 Å². The van der Waals surface area contributed by atoms with E-state index in [4.69, 9.17) is 14.8 Å². The number of ether oxygens (including phenoxy) is 1. The molecular weight excluding hydrogens is 669 g/mol. The highest BCUT2D eigenvalue weighted by Gasteiger charge is 2.31. The molecular formula is C40H44N10O3. The van der Waals surface area contributed by atoms with Crippen molar-refractivity contribution >= 4 is 45.7 Å². The van der Waals surface area contributed by atoms with E-state index in [1.807, 2.05) is 18.6 Å². The highest BCUT2D eigenvalue weighted by atomic mass is 16.5. The number of nitrogens with one attached hydrogen (secondary N) is 3. The number of nitrogens with zero attached hydrogens (tertiary/aromatic N) is 7. The first-order valence-electron chi connectivity index (χ1n) is 18.8. The summed E-state index contributed by atoms with van der Waals surface area (Å²) in [5.41, 5.74) is 8.07. The van der Waals surface area contributed by atoms with Crippen LogP contribution < -0.4 is 25.6 Å². The predicted octanol–water partition coefficient (Wildman–Crippen LogP) is 5.57. The molecule has 272 valence electrons. The molecule has 7 heterocycles. The Labute approximate surface area is 308 Å². The third-order valence-electron chi connectivity index (χ3n) is 11.5. The molecule has 1 atom stereocenters. The van der Waals surface area contributed by atoms with Gasteiger partial charge in [0.15, 0.2) is 0 Å². The Morgan fingerprint density at radius 3 is 2.51 bits per heavy atom. The number of piperidine rings is 3. The number of benzene rings is 2. The first-order valence-corrected chi connectivity index (χ1v) is 18.8. The van der Waals surface area contributed by atoms with E-state index in [-0.39, 0.29) is 17.7 Å². The molecule has 5 aromatic rings. The lowest BCUT2D eigenvalue weighted by molar-refractivity contribution is -0.134. The Morgan fingerprint density at radius 1 is 0.887 bits per heavy atom. The molecule has 4 aliphatic heterocycles. The van der Waals surface area contributed by atoms with Crippen LogP contribution in [-0.4, -0.2) is 86.8 Å². The van der Waals surface area contributed by atoms with E-state index in [0.29, 0.717) is 43.4 Å². The summed E-state index contributed by atoms with van der Waals surface area (Å²) in [7, 11) is 0. The number of fused-ring (bicyclic) bond motifs is 2. The minimum Gasteiger partial charge on any atom is -0.474 e. The van der Waals surface area contributed by atoms with Gasteiger partial charge in [-0.05, 0) is 73.9 Å². The molecule has 2 aromatic carbocycles. The van der Waals surface area contributed by atoms with Crippen LogP contribution in [0.4, 0.5) is 23.0 Å². The van der Waals surface area contributed by atoms with Gasteiger partial charge >= 0.3 is 0 Å². The second-order valence-corrected chi connectivity index (χ2v) is 14.6. The third kappa shape index (κ3) is 6.76. The van der Waals surface area contributed by atoms with E-state index >= 15 is 0 Å². The van der Waals surface area contributed by atoms with E-state index in [1.165, 1.54) is 5.69 Å². The fourth-order valence-corrected chi connectivity index (χ4v) is 8.43. The van der Waals surface area contributed by atoms with E-state index in [2.05, 4.69) is 96.0 Å². The predicted molar refractivity (Wildman–Crippen MR) is 204 cm³/mol. The second-order valence-electron chi connectivity index (χ2n) is 14.6. The van der Waals surface area contributed by atoms with E-state index in [9.17, 15) is 9.59 Å². The lowest BCUT2D eigenvalue weighted by Gasteiger charge is -2.42. The molecule has 1 unspecified atom stereocenters. The molecule has 4 aliphatic rings. The highest BCUT2D eigenvalue weighted by Crippen LogP contribution is 2.36. The van der Waals surface area contributed by atoms with Gasteiger partial charge in [0.05, 0.1) is 29.4 Å². The maximum atomic E-state index is 12.3. The van der Waals surface area contributed by atoms with Crippen LogP contribution in [0.25, 0.3) is 22.0 Å². The molecule has 0 spiro atoms. The fourth-order valence-electron chi connectivity index (χ4n) is 8.43. The molecule has 9 rings (SSSR count). The summed E-state index contributed by atoms with van der Waals surface area (Å²) < 4.78 is 7.82.